The van der Waals surface area contributed by atoms with Crippen LogP contribution in [0, 0.1) is 10.1 Å². The van der Waals surface area contributed by atoms with E-state index in [-0.39, 0.29) is 11.3 Å². The molecule has 0 saturated heterocycles. The van der Waals surface area contributed by atoms with Crippen molar-refractivity contribution in [3.8, 4) is 0 Å². The molecule has 2 aliphatic heterocycles. The molecule has 0 aliphatic carbocycles. The summed E-state index contributed by atoms with van der Waals surface area (Å²) >= 11 is 0. The third-order valence-corrected chi connectivity index (χ3v) is 5.32. The second kappa shape index (κ2) is 5.34. The highest BCUT2D eigenvalue weighted by atomic mass is 16.6. The first-order valence-corrected chi connectivity index (χ1v) is 8.37. The summed E-state index contributed by atoms with van der Waals surface area (Å²) in [5.74, 6) is -1.50. The molecule has 27 heavy (non-hydrogen) atoms. The number of aliphatic hydroxyl groups is 1. The molecule has 2 heterocycles. The van der Waals surface area contributed by atoms with Crippen molar-refractivity contribution in [2.24, 2.45) is 0 Å². The molecule has 0 saturated carbocycles. The van der Waals surface area contributed by atoms with E-state index in [4.69, 9.17) is 0 Å². The smallest absolute Gasteiger partial charge is 0.276 e. The minimum absolute atomic E-state index is 0.0978. The Labute approximate surface area is 154 Å². The molecule has 1 amide bonds. The molecule has 0 spiro atoms. The quantitative estimate of drug-likeness (QED) is 0.501. The Hall–Kier alpha value is -3.32. The number of benzene rings is 2. The maximum atomic E-state index is 13.3. The molecule has 0 aromatic heterocycles. The lowest BCUT2D eigenvalue weighted by Crippen LogP contribution is -2.55. The number of anilines is 1. The molecule has 0 radical (unpaired) electrons. The largest absolute Gasteiger partial charge is 0.369 e. The van der Waals surface area contributed by atoms with Gasteiger partial charge in [0.2, 0.25) is 11.4 Å². The van der Waals surface area contributed by atoms with Crippen LogP contribution in [0.2, 0.25) is 0 Å². The lowest BCUT2D eigenvalue weighted by atomic mass is 9.79. The molecule has 1 N–H and O–H groups in total. The predicted molar refractivity (Wildman–Crippen MR) is 97.0 cm³/mol. The lowest BCUT2D eigenvalue weighted by molar-refractivity contribution is -0.384. The van der Waals surface area contributed by atoms with Gasteiger partial charge in [0, 0.05) is 34.9 Å². The molecule has 0 fully saturated rings. The average molecular weight is 364 g/mol. The number of carbonyl (C=O) groups is 2. The van der Waals surface area contributed by atoms with E-state index >= 15 is 0 Å². The summed E-state index contributed by atoms with van der Waals surface area (Å²) in [6, 6.07) is 12.2. The SMILES string of the molecule is CC1(C)C2=CC(=O)C(O)(c3ccccc3)C(=O)N2c2ccc([N+](=O)[O-])cc21. The average Bonchev–Trinajstić information content (AvgIpc) is 2.87. The molecular weight excluding hydrogens is 348 g/mol. The number of rotatable bonds is 2. The van der Waals surface area contributed by atoms with E-state index in [1.165, 1.54) is 41.3 Å². The number of fused-ring (bicyclic) bond motifs is 3. The molecule has 7 nitrogen and oxygen atoms in total. The number of ketones is 1. The molecule has 2 aliphatic rings. The van der Waals surface area contributed by atoms with Crippen molar-refractivity contribution in [2.45, 2.75) is 24.9 Å². The number of nitrogens with zero attached hydrogens (tertiary/aromatic N) is 2. The van der Waals surface area contributed by atoms with Gasteiger partial charge in [0.15, 0.2) is 0 Å². The minimum atomic E-state index is -2.33. The first kappa shape index (κ1) is 17.1. The van der Waals surface area contributed by atoms with E-state index < -0.39 is 27.6 Å². The van der Waals surface area contributed by atoms with E-state index in [9.17, 15) is 24.8 Å². The zero-order valence-electron chi connectivity index (χ0n) is 14.7. The van der Waals surface area contributed by atoms with Crippen molar-refractivity contribution in [1.82, 2.24) is 0 Å². The zero-order valence-corrected chi connectivity index (χ0v) is 14.7. The van der Waals surface area contributed by atoms with Crippen molar-refractivity contribution in [3.63, 3.8) is 0 Å². The maximum Gasteiger partial charge on any atom is 0.276 e. The molecule has 136 valence electrons. The molecular formula is C20H16N2O5. The summed E-state index contributed by atoms with van der Waals surface area (Å²) in [5.41, 5.74) is -1.66. The number of amides is 1. The first-order chi connectivity index (χ1) is 12.7. The second-order valence-electron chi connectivity index (χ2n) is 7.19. The fourth-order valence-electron chi connectivity index (χ4n) is 3.79. The van der Waals surface area contributed by atoms with E-state index in [0.717, 1.165) is 0 Å². The number of carbonyl (C=O) groups excluding carboxylic acids is 2. The van der Waals surface area contributed by atoms with Crippen LogP contribution in [0.5, 0.6) is 0 Å². The number of nitro groups is 1. The molecule has 1 atom stereocenters. The van der Waals surface area contributed by atoms with Crippen LogP contribution >= 0.6 is 0 Å². The van der Waals surface area contributed by atoms with Crippen LogP contribution < -0.4 is 4.90 Å². The van der Waals surface area contributed by atoms with Gasteiger partial charge in [-0.05, 0) is 11.6 Å². The van der Waals surface area contributed by atoms with Gasteiger partial charge < -0.3 is 5.11 Å². The summed E-state index contributed by atoms with van der Waals surface area (Å²) in [7, 11) is 0. The number of allylic oxidation sites excluding steroid dienone is 1. The molecule has 4 rings (SSSR count). The second-order valence-corrected chi connectivity index (χ2v) is 7.19. The highest BCUT2D eigenvalue weighted by Crippen LogP contribution is 2.52. The van der Waals surface area contributed by atoms with Crippen LogP contribution in [0.3, 0.4) is 0 Å². The molecule has 2 aromatic carbocycles. The lowest BCUT2D eigenvalue weighted by Gasteiger charge is -2.36. The van der Waals surface area contributed by atoms with E-state index in [2.05, 4.69) is 0 Å². The fraction of sp³-hybridized carbons (Fsp3) is 0.200. The third kappa shape index (κ3) is 2.12. The number of nitro benzene ring substituents is 1. The van der Waals surface area contributed by atoms with Crippen LogP contribution in [0.25, 0.3) is 0 Å². The molecule has 7 heteroatoms. The fourth-order valence-corrected chi connectivity index (χ4v) is 3.79. The molecule has 0 bridgehead atoms. The highest BCUT2D eigenvalue weighted by molar-refractivity contribution is 6.24. The normalized spacial score (nSPS) is 22.9. The van der Waals surface area contributed by atoms with Crippen molar-refractivity contribution < 1.29 is 19.6 Å². The standard InChI is InChI=1S/C20H16N2O5/c1-19(2)14-10-13(22(26)27)8-9-15(14)21-16(19)11-17(23)20(25,18(21)24)12-6-4-3-5-7-12/h3-11,25H,1-2H3. The van der Waals surface area contributed by atoms with Gasteiger partial charge in [-0.1, -0.05) is 44.2 Å². The summed E-state index contributed by atoms with van der Waals surface area (Å²) in [5, 5.41) is 22.2. The van der Waals surface area contributed by atoms with Gasteiger partial charge in [-0.3, -0.25) is 24.6 Å². The number of hydrogen-bond donors (Lipinski definition) is 1. The first-order valence-electron chi connectivity index (χ1n) is 8.37. The predicted octanol–water partition coefficient (Wildman–Crippen LogP) is 2.57. The van der Waals surface area contributed by atoms with E-state index in [1.807, 2.05) is 0 Å². The Morgan fingerprint density at radius 3 is 2.37 bits per heavy atom. The third-order valence-electron chi connectivity index (χ3n) is 5.32. The van der Waals surface area contributed by atoms with Crippen LogP contribution in [0.4, 0.5) is 11.4 Å². The van der Waals surface area contributed by atoms with Crippen LogP contribution in [0.15, 0.2) is 60.3 Å². The van der Waals surface area contributed by atoms with Gasteiger partial charge in [0.25, 0.3) is 11.6 Å². The topological polar surface area (TPSA) is 101 Å². The van der Waals surface area contributed by atoms with Gasteiger partial charge in [0.05, 0.1) is 10.6 Å². The van der Waals surface area contributed by atoms with Crippen LogP contribution in [0.1, 0.15) is 25.0 Å². The monoisotopic (exact) mass is 364 g/mol. The van der Waals surface area contributed by atoms with Crippen molar-refractivity contribution >= 4 is 23.1 Å². The Kier molecular flexibility index (Phi) is 3.38. The van der Waals surface area contributed by atoms with E-state index in [0.29, 0.717) is 16.9 Å². The minimum Gasteiger partial charge on any atom is -0.369 e. The van der Waals surface area contributed by atoms with Gasteiger partial charge in [0.1, 0.15) is 0 Å². The maximum absolute atomic E-state index is 13.3. The van der Waals surface area contributed by atoms with E-state index in [1.54, 1.807) is 32.0 Å². The van der Waals surface area contributed by atoms with Crippen LogP contribution in [-0.4, -0.2) is 21.7 Å². The van der Waals surface area contributed by atoms with Crippen LogP contribution in [-0.2, 0) is 20.6 Å². The highest BCUT2D eigenvalue weighted by Gasteiger charge is 2.56. The molecule has 2 aromatic rings. The summed E-state index contributed by atoms with van der Waals surface area (Å²) in [6.07, 6.45) is 1.26. The van der Waals surface area contributed by atoms with Gasteiger partial charge in [-0.25, -0.2) is 0 Å². The van der Waals surface area contributed by atoms with Gasteiger partial charge >= 0.3 is 0 Å². The Bertz CT molecular complexity index is 1040. The summed E-state index contributed by atoms with van der Waals surface area (Å²) in [6.45, 7) is 3.57. The van der Waals surface area contributed by atoms with Crippen molar-refractivity contribution in [2.75, 3.05) is 4.90 Å². The number of hydrogen-bond acceptors (Lipinski definition) is 5. The summed E-state index contributed by atoms with van der Waals surface area (Å²) < 4.78 is 0. The summed E-state index contributed by atoms with van der Waals surface area (Å²) in [4.78, 5) is 38.0. The van der Waals surface area contributed by atoms with Crippen molar-refractivity contribution in [1.29, 1.82) is 0 Å². The molecule has 1 unspecified atom stereocenters. The van der Waals surface area contributed by atoms with Gasteiger partial charge in [-0.2, -0.15) is 0 Å². The van der Waals surface area contributed by atoms with Gasteiger partial charge in [-0.15, -0.1) is 0 Å². The number of non-ortho nitro benzene ring substituents is 1. The Morgan fingerprint density at radius 2 is 1.74 bits per heavy atom. The zero-order chi connectivity index (χ0) is 19.6. The van der Waals surface area contributed by atoms with Crippen molar-refractivity contribution in [3.05, 3.63) is 81.5 Å². The Morgan fingerprint density at radius 1 is 1.07 bits per heavy atom. The Balaban J connectivity index is 1.95.